The normalized spacial score (nSPS) is 20.7. The minimum Gasteiger partial charge on any atom is -0.326 e. The smallest absolute Gasteiger partial charge is 0.227 e. The molecule has 3 rings (SSSR count). The molecule has 1 aliphatic carbocycles. The number of hydrogen-bond donors (Lipinski definition) is 1. The lowest BCUT2D eigenvalue weighted by molar-refractivity contribution is -0.121. The third-order valence-corrected chi connectivity index (χ3v) is 4.91. The molecule has 2 aromatic rings. The zero-order chi connectivity index (χ0) is 16.8. The monoisotopic (exact) mass is 327 g/mol. The number of nitrogens with zero attached hydrogens (tertiary/aromatic N) is 4. The van der Waals surface area contributed by atoms with E-state index in [4.69, 9.17) is 0 Å². The van der Waals surface area contributed by atoms with E-state index >= 15 is 0 Å². The summed E-state index contributed by atoms with van der Waals surface area (Å²) in [6.07, 6.45) is 9.81. The van der Waals surface area contributed by atoms with Crippen LogP contribution in [0, 0.1) is 11.8 Å². The maximum Gasteiger partial charge on any atom is 0.227 e. The number of aromatic nitrogens is 4. The van der Waals surface area contributed by atoms with Crippen molar-refractivity contribution >= 4 is 11.6 Å². The molecule has 1 saturated carbocycles. The van der Waals surface area contributed by atoms with Crippen molar-refractivity contribution in [2.45, 2.75) is 51.9 Å². The van der Waals surface area contributed by atoms with Crippen molar-refractivity contribution in [2.24, 2.45) is 11.8 Å². The van der Waals surface area contributed by atoms with Gasteiger partial charge in [-0.2, -0.15) is 0 Å². The van der Waals surface area contributed by atoms with Crippen molar-refractivity contribution in [3.63, 3.8) is 0 Å². The molecule has 1 fully saturated rings. The Morgan fingerprint density at radius 1 is 1.29 bits per heavy atom. The second kappa shape index (κ2) is 8.04. The fourth-order valence-corrected chi connectivity index (χ4v) is 3.46. The Balaban J connectivity index is 1.55. The van der Waals surface area contributed by atoms with Gasteiger partial charge in [-0.3, -0.25) is 4.79 Å². The summed E-state index contributed by atoms with van der Waals surface area (Å²) in [5, 5.41) is 14.2. The molecular formula is C18H25N5O. The number of amides is 1. The Morgan fingerprint density at radius 2 is 2.12 bits per heavy atom. The van der Waals surface area contributed by atoms with Gasteiger partial charge in [-0.1, -0.05) is 32.3 Å². The van der Waals surface area contributed by atoms with Crippen molar-refractivity contribution in [2.75, 3.05) is 5.32 Å². The third-order valence-electron chi connectivity index (χ3n) is 4.91. The minimum atomic E-state index is 0.137. The highest BCUT2D eigenvalue weighted by molar-refractivity contribution is 5.92. The van der Waals surface area contributed by atoms with Crippen LogP contribution in [0.1, 0.15) is 51.9 Å². The fraction of sp³-hybridized carbons (Fsp3) is 0.556. The number of hydrogen-bond acceptors (Lipinski definition) is 4. The Bertz CT molecular complexity index is 647. The van der Waals surface area contributed by atoms with Crippen molar-refractivity contribution < 1.29 is 4.79 Å². The van der Waals surface area contributed by atoms with E-state index in [1.807, 2.05) is 24.3 Å². The molecule has 6 nitrogen and oxygen atoms in total. The molecule has 0 radical (unpaired) electrons. The Kier molecular flexibility index (Phi) is 5.56. The average molecular weight is 327 g/mol. The first-order chi connectivity index (χ1) is 11.8. The number of anilines is 1. The van der Waals surface area contributed by atoms with Crippen LogP contribution in [-0.4, -0.2) is 26.1 Å². The number of nitrogens with one attached hydrogen (secondary N) is 1. The molecule has 0 atom stereocenters. The Labute approximate surface area is 142 Å². The van der Waals surface area contributed by atoms with Gasteiger partial charge in [0, 0.05) is 11.6 Å². The second-order valence-electron chi connectivity index (χ2n) is 6.65. The summed E-state index contributed by atoms with van der Waals surface area (Å²) in [5.74, 6) is 1.09. The lowest BCUT2D eigenvalue weighted by atomic mass is 9.79. The van der Waals surface area contributed by atoms with Crippen molar-refractivity contribution in [3.05, 3.63) is 30.6 Å². The van der Waals surface area contributed by atoms with E-state index in [1.54, 1.807) is 11.0 Å². The summed E-state index contributed by atoms with van der Waals surface area (Å²) in [6.45, 7) is 2.24. The van der Waals surface area contributed by atoms with Gasteiger partial charge in [0.2, 0.25) is 5.91 Å². The van der Waals surface area contributed by atoms with Crippen LogP contribution in [0.2, 0.25) is 0 Å². The number of rotatable bonds is 6. The van der Waals surface area contributed by atoms with Crippen LogP contribution in [0.5, 0.6) is 0 Å². The van der Waals surface area contributed by atoms with E-state index in [9.17, 15) is 4.79 Å². The first kappa shape index (κ1) is 16.6. The molecule has 0 saturated heterocycles. The van der Waals surface area contributed by atoms with Gasteiger partial charge in [-0.25, -0.2) is 4.68 Å². The number of benzene rings is 1. The van der Waals surface area contributed by atoms with Gasteiger partial charge in [0.25, 0.3) is 0 Å². The predicted molar refractivity (Wildman–Crippen MR) is 92.8 cm³/mol. The van der Waals surface area contributed by atoms with Crippen LogP contribution >= 0.6 is 0 Å². The van der Waals surface area contributed by atoms with Crippen LogP contribution in [0.3, 0.4) is 0 Å². The highest BCUT2D eigenvalue weighted by Gasteiger charge is 2.26. The summed E-state index contributed by atoms with van der Waals surface area (Å²) < 4.78 is 1.58. The minimum absolute atomic E-state index is 0.137. The summed E-state index contributed by atoms with van der Waals surface area (Å²) in [6, 6.07) is 7.60. The highest BCUT2D eigenvalue weighted by Crippen LogP contribution is 2.32. The van der Waals surface area contributed by atoms with Gasteiger partial charge in [0.15, 0.2) is 0 Å². The van der Waals surface area contributed by atoms with Crippen molar-refractivity contribution in [3.8, 4) is 5.69 Å². The van der Waals surface area contributed by atoms with E-state index in [-0.39, 0.29) is 11.8 Å². The van der Waals surface area contributed by atoms with Crippen LogP contribution in [0.25, 0.3) is 5.69 Å². The molecule has 24 heavy (non-hydrogen) atoms. The highest BCUT2D eigenvalue weighted by atomic mass is 16.1. The molecule has 6 heteroatoms. The maximum atomic E-state index is 12.5. The first-order valence-corrected chi connectivity index (χ1v) is 8.90. The van der Waals surface area contributed by atoms with Crippen LogP contribution in [-0.2, 0) is 4.79 Å². The predicted octanol–water partition coefficient (Wildman–Crippen LogP) is 3.60. The summed E-state index contributed by atoms with van der Waals surface area (Å²) >= 11 is 0. The van der Waals surface area contributed by atoms with Crippen molar-refractivity contribution in [1.29, 1.82) is 0 Å². The molecule has 1 aromatic heterocycles. The lowest BCUT2D eigenvalue weighted by Crippen LogP contribution is -2.27. The zero-order valence-electron chi connectivity index (χ0n) is 14.2. The van der Waals surface area contributed by atoms with Gasteiger partial charge < -0.3 is 5.32 Å². The van der Waals surface area contributed by atoms with Crippen LogP contribution in [0.4, 0.5) is 5.69 Å². The number of tetrazole rings is 1. The van der Waals surface area contributed by atoms with Gasteiger partial charge in [0.05, 0.1) is 5.69 Å². The first-order valence-electron chi connectivity index (χ1n) is 8.90. The lowest BCUT2D eigenvalue weighted by Gasteiger charge is -2.27. The van der Waals surface area contributed by atoms with Crippen LogP contribution < -0.4 is 5.32 Å². The summed E-state index contributed by atoms with van der Waals surface area (Å²) in [4.78, 5) is 12.5. The largest absolute Gasteiger partial charge is 0.326 e. The quantitative estimate of drug-likeness (QED) is 0.880. The second-order valence-corrected chi connectivity index (χ2v) is 6.65. The summed E-state index contributed by atoms with van der Waals surface area (Å²) in [5.41, 5.74) is 1.63. The molecule has 1 aliphatic rings. The van der Waals surface area contributed by atoms with Crippen LogP contribution in [0.15, 0.2) is 30.6 Å². The number of unbranched alkanes of at least 4 members (excludes halogenated alkanes) is 1. The molecule has 0 aliphatic heterocycles. The van der Waals surface area contributed by atoms with E-state index in [2.05, 4.69) is 27.8 Å². The molecule has 0 bridgehead atoms. The topological polar surface area (TPSA) is 72.7 Å². The van der Waals surface area contributed by atoms with Gasteiger partial charge in [-0.05, 0) is 60.2 Å². The molecule has 1 N–H and O–H groups in total. The van der Waals surface area contributed by atoms with Gasteiger partial charge >= 0.3 is 0 Å². The molecule has 128 valence electrons. The van der Waals surface area contributed by atoms with Crippen molar-refractivity contribution in [1.82, 2.24) is 20.2 Å². The SMILES string of the molecule is CCCCC1CCC(C(=O)Nc2cccc(-n3cnnn3)c2)CC1. The Hall–Kier alpha value is -2.24. The fourth-order valence-electron chi connectivity index (χ4n) is 3.46. The standard InChI is InChI=1S/C18H25N5O/c1-2-3-5-14-8-10-15(11-9-14)18(24)20-16-6-4-7-17(12-16)23-13-19-21-22-23/h4,6-7,12-15H,2-3,5,8-11H2,1H3,(H,20,24). The van der Waals surface area contributed by atoms with Gasteiger partial charge in [-0.15, -0.1) is 5.10 Å². The molecule has 0 unspecified atom stereocenters. The van der Waals surface area contributed by atoms with Gasteiger partial charge in [0.1, 0.15) is 6.33 Å². The molecule has 1 heterocycles. The zero-order valence-corrected chi connectivity index (χ0v) is 14.2. The molecule has 1 aromatic carbocycles. The van der Waals surface area contributed by atoms with E-state index in [0.717, 1.165) is 30.1 Å². The number of carbonyl (C=O) groups excluding carboxylic acids is 1. The third kappa shape index (κ3) is 4.19. The average Bonchev–Trinajstić information content (AvgIpc) is 3.15. The molecule has 0 spiro atoms. The Morgan fingerprint density at radius 3 is 2.83 bits per heavy atom. The summed E-state index contributed by atoms with van der Waals surface area (Å²) in [7, 11) is 0. The van der Waals surface area contributed by atoms with E-state index in [0.29, 0.717) is 0 Å². The van der Waals surface area contributed by atoms with E-state index < -0.39 is 0 Å². The maximum absolute atomic E-state index is 12.5. The van der Waals surface area contributed by atoms with E-state index in [1.165, 1.54) is 32.1 Å². The molecule has 1 amide bonds. The molecular weight excluding hydrogens is 302 g/mol. The number of carbonyl (C=O) groups is 1.